The highest BCUT2D eigenvalue weighted by Crippen LogP contribution is 2.20. The third-order valence-corrected chi connectivity index (χ3v) is 4.34. The van der Waals surface area contributed by atoms with E-state index in [0.717, 1.165) is 12.8 Å². The highest BCUT2D eigenvalue weighted by Gasteiger charge is 2.21. The van der Waals surface area contributed by atoms with Crippen LogP contribution in [0.2, 0.25) is 0 Å². The summed E-state index contributed by atoms with van der Waals surface area (Å²) in [4.78, 5) is 0.144. The average molecular weight is 271 g/mol. The lowest BCUT2D eigenvalue weighted by Crippen LogP contribution is -2.32. The summed E-state index contributed by atoms with van der Waals surface area (Å²) in [6, 6.07) is 6.49. The molecule has 0 radical (unpaired) electrons. The molecule has 1 heterocycles. The molecule has 1 aromatic carbocycles. The predicted molar refractivity (Wildman–Crippen MR) is 68.4 cm³/mol. The van der Waals surface area contributed by atoms with Gasteiger partial charge in [-0.25, -0.2) is 13.1 Å². The van der Waals surface area contributed by atoms with E-state index in [1.807, 2.05) is 0 Å². The minimum Gasteiger partial charge on any atom is -0.377 e. The Labute approximate surface area is 107 Å². The Bertz CT molecular complexity index is 498. The lowest BCUT2D eigenvalue weighted by molar-refractivity contribution is 0.114. The van der Waals surface area contributed by atoms with Gasteiger partial charge in [-0.2, -0.15) is 0 Å². The second-order valence-electron chi connectivity index (χ2n) is 4.13. The maximum Gasteiger partial charge on any atom is 0.242 e. The molecule has 1 saturated heterocycles. The molecule has 1 aliphatic heterocycles. The van der Waals surface area contributed by atoms with Crippen molar-refractivity contribution in [1.29, 1.82) is 0 Å². The summed E-state index contributed by atoms with van der Waals surface area (Å²) < 4.78 is 32.1. The van der Waals surface area contributed by atoms with Crippen molar-refractivity contribution in [2.24, 2.45) is 5.84 Å². The molecule has 7 heteroatoms. The zero-order chi connectivity index (χ0) is 13.0. The Kier molecular flexibility index (Phi) is 4.18. The van der Waals surface area contributed by atoms with Crippen LogP contribution >= 0.6 is 0 Å². The quantitative estimate of drug-likeness (QED) is 0.533. The minimum atomic E-state index is -3.56. The van der Waals surface area contributed by atoms with Crippen molar-refractivity contribution in [3.63, 3.8) is 0 Å². The first kappa shape index (κ1) is 13.3. The molecule has 1 unspecified atom stereocenters. The number of sulfonamides is 1. The first-order chi connectivity index (χ1) is 8.63. The number of anilines is 1. The molecule has 0 spiro atoms. The van der Waals surface area contributed by atoms with E-state index >= 15 is 0 Å². The van der Waals surface area contributed by atoms with Crippen LogP contribution in [-0.2, 0) is 14.8 Å². The van der Waals surface area contributed by atoms with E-state index in [4.69, 9.17) is 10.6 Å². The fourth-order valence-electron chi connectivity index (χ4n) is 1.91. The Morgan fingerprint density at radius 3 is 2.83 bits per heavy atom. The molecule has 0 saturated carbocycles. The van der Waals surface area contributed by atoms with Gasteiger partial charge in [0.1, 0.15) is 4.90 Å². The SMILES string of the molecule is NNc1ccccc1S(=O)(=O)NCC1CCCO1. The maximum absolute atomic E-state index is 12.1. The van der Waals surface area contributed by atoms with Gasteiger partial charge in [0.05, 0.1) is 11.8 Å². The third-order valence-electron chi connectivity index (χ3n) is 2.86. The van der Waals surface area contributed by atoms with Gasteiger partial charge in [0, 0.05) is 13.2 Å². The highest BCUT2D eigenvalue weighted by atomic mass is 32.2. The van der Waals surface area contributed by atoms with E-state index in [9.17, 15) is 8.42 Å². The Morgan fingerprint density at radius 1 is 1.39 bits per heavy atom. The van der Waals surface area contributed by atoms with Crippen molar-refractivity contribution in [3.8, 4) is 0 Å². The molecule has 1 aromatic rings. The van der Waals surface area contributed by atoms with Gasteiger partial charge < -0.3 is 10.2 Å². The molecule has 6 nitrogen and oxygen atoms in total. The number of para-hydroxylation sites is 1. The van der Waals surface area contributed by atoms with Crippen molar-refractivity contribution < 1.29 is 13.2 Å². The standard InChI is InChI=1S/C11H17N3O3S/c12-14-10-5-1-2-6-11(10)18(15,16)13-8-9-4-3-7-17-9/h1-2,5-6,9,13-14H,3-4,7-8,12H2. The van der Waals surface area contributed by atoms with E-state index in [0.29, 0.717) is 18.8 Å². The van der Waals surface area contributed by atoms with Crippen molar-refractivity contribution >= 4 is 15.7 Å². The molecule has 18 heavy (non-hydrogen) atoms. The molecule has 1 fully saturated rings. The highest BCUT2D eigenvalue weighted by molar-refractivity contribution is 7.89. The Balaban J connectivity index is 2.09. The van der Waals surface area contributed by atoms with E-state index in [-0.39, 0.29) is 11.0 Å². The number of benzene rings is 1. The van der Waals surface area contributed by atoms with Crippen LogP contribution in [0.3, 0.4) is 0 Å². The molecule has 0 bridgehead atoms. The topological polar surface area (TPSA) is 93.5 Å². The molecule has 0 aromatic heterocycles. The summed E-state index contributed by atoms with van der Waals surface area (Å²) in [5, 5.41) is 0. The van der Waals surface area contributed by atoms with Crippen LogP contribution in [0.15, 0.2) is 29.2 Å². The number of nitrogens with one attached hydrogen (secondary N) is 2. The van der Waals surface area contributed by atoms with Crippen LogP contribution in [0.25, 0.3) is 0 Å². The molecule has 100 valence electrons. The fourth-order valence-corrected chi connectivity index (χ4v) is 3.14. The largest absolute Gasteiger partial charge is 0.377 e. The van der Waals surface area contributed by atoms with E-state index in [1.54, 1.807) is 18.2 Å². The third kappa shape index (κ3) is 2.99. The maximum atomic E-state index is 12.1. The molecule has 2 rings (SSSR count). The monoisotopic (exact) mass is 271 g/mol. The molecule has 1 atom stereocenters. The van der Waals surface area contributed by atoms with Crippen LogP contribution in [0.4, 0.5) is 5.69 Å². The van der Waals surface area contributed by atoms with Crippen LogP contribution < -0.4 is 16.0 Å². The summed E-state index contributed by atoms with van der Waals surface area (Å²) >= 11 is 0. The van der Waals surface area contributed by atoms with Crippen LogP contribution in [0.5, 0.6) is 0 Å². The van der Waals surface area contributed by atoms with Crippen LogP contribution in [0.1, 0.15) is 12.8 Å². The van der Waals surface area contributed by atoms with E-state index < -0.39 is 10.0 Å². The first-order valence-corrected chi connectivity index (χ1v) is 7.29. The molecule has 4 N–H and O–H groups in total. The summed E-state index contributed by atoms with van der Waals surface area (Å²) in [6.45, 7) is 0.995. The molecule has 0 aliphatic carbocycles. The van der Waals surface area contributed by atoms with Gasteiger partial charge in [-0.15, -0.1) is 0 Å². The number of nitrogens with two attached hydrogens (primary N) is 1. The summed E-state index contributed by atoms with van der Waals surface area (Å²) in [5.74, 6) is 5.30. The van der Waals surface area contributed by atoms with Crippen LogP contribution in [-0.4, -0.2) is 27.7 Å². The van der Waals surface area contributed by atoms with Crippen molar-refractivity contribution in [2.75, 3.05) is 18.6 Å². The minimum absolute atomic E-state index is 0.0298. The number of rotatable bonds is 5. The molecule has 1 aliphatic rings. The number of hydrazine groups is 1. The zero-order valence-corrected chi connectivity index (χ0v) is 10.7. The van der Waals surface area contributed by atoms with Gasteiger partial charge in [0.2, 0.25) is 10.0 Å². The second-order valence-corrected chi connectivity index (χ2v) is 5.86. The molecule has 0 amide bonds. The van der Waals surface area contributed by atoms with Gasteiger partial charge in [-0.3, -0.25) is 5.84 Å². The number of hydrogen-bond donors (Lipinski definition) is 3. The normalized spacial score (nSPS) is 19.9. The van der Waals surface area contributed by atoms with Crippen molar-refractivity contribution in [1.82, 2.24) is 4.72 Å². The van der Waals surface area contributed by atoms with Gasteiger partial charge in [-0.1, -0.05) is 12.1 Å². The van der Waals surface area contributed by atoms with E-state index in [1.165, 1.54) is 6.07 Å². The van der Waals surface area contributed by atoms with Gasteiger partial charge >= 0.3 is 0 Å². The van der Waals surface area contributed by atoms with Crippen molar-refractivity contribution in [3.05, 3.63) is 24.3 Å². The Hall–Kier alpha value is -1.15. The molecular weight excluding hydrogens is 254 g/mol. The van der Waals surface area contributed by atoms with Crippen molar-refractivity contribution in [2.45, 2.75) is 23.8 Å². The van der Waals surface area contributed by atoms with E-state index in [2.05, 4.69) is 10.1 Å². The average Bonchev–Trinajstić information content (AvgIpc) is 2.89. The lowest BCUT2D eigenvalue weighted by Gasteiger charge is -2.13. The second kappa shape index (κ2) is 5.66. The fraction of sp³-hybridized carbons (Fsp3) is 0.455. The molecular formula is C11H17N3O3S. The number of hydrogen-bond acceptors (Lipinski definition) is 5. The summed E-state index contributed by atoms with van der Waals surface area (Å²) in [6.07, 6.45) is 1.84. The lowest BCUT2D eigenvalue weighted by atomic mass is 10.2. The zero-order valence-electron chi connectivity index (χ0n) is 9.93. The predicted octanol–water partition coefficient (Wildman–Crippen LogP) is 0.429. The smallest absolute Gasteiger partial charge is 0.242 e. The van der Waals surface area contributed by atoms with Crippen LogP contribution in [0, 0.1) is 0 Å². The summed E-state index contributed by atoms with van der Waals surface area (Å²) in [7, 11) is -3.56. The van der Waals surface area contributed by atoms with Gasteiger partial charge in [-0.05, 0) is 25.0 Å². The summed E-state index contributed by atoms with van der Waals surface area (Å²) in [5.41, 5.74) is 2.75. The Morgan fingerprint density at radius 2 is 2.17 bits per heavy atom. The number of nitrogen functional groups attached to an aromatic ring is 1. The number of ether oxygens (including phenoxy) is 1. The van der Waals surface area contributed by atoms with Gasteiger partial charge in [0.25, 0.3) is 0 Å². The first-order valence-electron chi connectivity index (χ1n) is 5.80. The van der Waals surface area contributed by atoms with Gasteiger partial charge in [0.15, 0.2) is 0 Å².